The Morgan fingerprint density at radius 1 is 0.882 bits per heavy atom. The normalized spacial score (nSPS) is 12.9. The fraction of sp³-hybridized carbons (Fsp3) is 0.333. The molecule has 1 N–H and O–H groups in total. The van der Waals surface area contributed by atoms with E-state index in [0.717, 1.165) is 0 Å². The summed E-state index contributed by atoms with van der Waals surface area (Å²) in [6, 6.07) is 0.705. The first-order valence-corrected chi connectivity index (χ1v) is 4.15. The summed E-state index contributed by atoms with van der Waals surface area (Å²) >= 11 is 0. The number of benzene rings is 1. The van der Waals surface area contributed by atoms with Crippen LogP contribution in [0.4, 0.5) is 30.7 Å². The molecule has 8 heteroatoms. The summed E-state index contributed by atoms with van der Waals surface area (Å²) in [5.74, 6) is -2.03. The van der Waals surface area contributed by atoms with E-state index in [1.807, 2.05) is 0 Å². The molecular formula is C9H5F7O. The molecule has 0 amide bonds. The van der Waals surface area contributed by atoms with Crippen LogP contribution in [-0.4, -0.2) is 5.11 Å². The first-order chi connectivity index (χ1) is 7.59. The quantitative estimate of drug-likeness (QED) is 0.769. The second-order valence-corrected chi connectivity index (χ2v) is 3.11. The van der Waals surface area contributed by atoms with Crippen LogP contribution in [0.2, 0.25) is 0 Å². The Bertz CT molecular complexity index is 419. The number of aliphatic hydroxyl groups is 1. The average molecular weight is 262 g/mol. The van der Waals surface area contributed by atoms with Gasteiger partial charge in [0.1, 0.15) is 11.4 Å². The van der Waals surface area contributed by atoms with E-state index in [0.29, 0.717) is 6.07 Å². The number of alkyl halides is 6. The van der Waals surface area contributed by atoms with Crippen LogP contribution in [0.5, 0.6) is 0 Å². The summed E-state index contributed by atoms with van der Waals surface area (Å²) in [4.78, 5) is 0. The Morgan fingerprint density at radius 2 is 1.35 bits per heavy atom. The van der Waals surface area contributed by atoms with E-state index >= 15 is 0 Å². The molecule has 96 valence electrons. The second kappa shape index (κ2) is 4.17. The summed E-state index contributed by atoms with van der Waals surface area (Å²) in [6.45, 7) is -1.27. The fourth-order valence-electron chi connectivity index (χ4n) is 1.35. The summed E-state index contributed by atoms with van der Waals surface area (Å²) in [6.07, 6.45) is -10.9. The molecule has 0 heterocycles. The van der Waals surface area contributed by atoms with Gasteiger partial charge < -0.3 is 5.11 Å². The predicted molar refractivity (Wildman–Crippen MR) is 42.3 cm³/mol. The Kier molecular flexibility index (Phi) is 3.37. The summed E-state index contributed by atoms with van der Waals surface area (Å²) in [7, 11) is 0. The Balaban J connectivity index is 3.67. The Morgan fingerprint density at radius 3 is 1.71 bits per heavy atom. The molecule has 0 aromatic heterocycles. The molecule has 0 saturated heterocycles. The van der Waals surface area contributed by atoms with Crippen LogP contribution in [0.25, 0.3) is 0 Å². The third kappa shape index (κ3) is 2.68. The van der Waals surface area contributed by atoms with Crippen molar-refractivity contribution in [3.8, 4) is 0 Å². The monoisotopic (exact) mass is 262 g/mol. The topological polar surface area (TPSA) is 20.2 Å². The zero-order chi connectivity index (χ0) is 13.4. The van der Waals surface area contributed by atoms with Gasteiger partial charge in [-0.2, -0.15) is 26.3 Å². The van der Waals surface area contributed by atoms with Crippen molar-refractivity contribution < 1.29 is 35.8 Å². The number of rotatable bonds is 1. The molecule has 0 spiro atoms. The van der Waals surface area contributed by atoms with E-state index in [1.165, 1.54) is 0 Å². The number of aliphatic hydroxyl groups excluding tert-OH is 1. The summed E-state index contributed by atoms with van der Waals surface area (Å²) in [5, 5.41) is 8.57. The molecule has 0 atom stereocenters. The highest BCUT2D eigenvalue weighted by atomic mass is 19.4. The van der Waals surface area contributed by atoms with Crippen LogP contribution >= 0.6 is 0 Å². The van der Waals surface area contributed by atoms with Gasteiger partial charge in [-0.05, 0) is 11.6 Å². The largest absolute Gasteiger partial charge is 0.419 e. The molecule has 0 aliphatic carbocycles. The minimum Gasteiger partial charge on any atom is -0.392 e. The van der Waals surface area contributed by atoms with Crippen molar-refractivity contribution in [2.75, 3.05) is 0 Å². The first-order valence-electron chi connectivity index (χ1n) is 4.15. The summed E-state index contributed by atoms with van der Waals surface area (Å²) < 4.78 is 87.2. The van der Waals surface area contributed by atoms with Gasteiger partial charge in [0.25, 0.3) is 0 Å². The number of halogens is 7. The van der Waals surface area contributed by atoms with Gasteiger partial charge in [-0.3, -0.25) is 0 Å². The lowest BCUT2D eigenvalue weighted by atomic mass is 9.99. The highest BCUT2D eigenvalue weighted by molar-refractivity contribution is 5.40. The van der Waals surface area contributed by atoms with Gasteiger partial charge in [-0.25, -0.2) is 4.39 Å². The fourth-order valence-corrected chi connectivity index (χ4v) is 1.35. The molecule has 1 aromatic rings. The van der Waals surface area contributed by atoms with Gasteiger partial charge in [0.05, 0.1) is 12.2 Å². The predicted octanol–water partition coefficient (Wildman–Crippen LogP) is 3.36. The molecule has 0 saturated carbocycles. The van der Waals surface area contributed by atoms with Gasteiger partial charge >= 0.3 is 12.4 Å². The van der Waals surface area contributed by atoms with Gasteiger partial charge in [-0.1, -0.05) is 6.07 Å². The first kappa shape index (κ1) is 13.8. The van der Waals surface area contributed by atoms with Crippen LogP contribution in [0.1, 0.15) is 16.7 Å². The lowest BCUT2D eigenvalue weighted by Crippen LogP contribution is -2.21. The molecule has 0 bridgehead atoms. The zero-order valence-electron chi connectivity index (χ0n) is 7.95. The van der Waals surface area contributed by atoms with Crippen LogP contribution in [-0.2, 0) is 19.0 Å². The number of hydrogen-bond acceptors (Lipinski definition) is 1. The molecule has 17 heavy (non-hydrogen) atoms. The molecule has 1 aromatic carbocycles. The maximum Gasteiger partial charge on any atom is 0.419 e. The highest BCUT2D eigenvalue weighted by Crippen LogP contribution is 2.43. The van der Waals surface area contributed by atoms with Gasteiger partial charge in [0.2, 0.25) is 0 Å². The SMILES string of the molecule is OCc1ccc(F)c(C(F)(F)F)c1C(F)(F)F. The van der Waals surface area contributed by atoms with Crippen LogP contribution < -0.4 is 0 Å². The highest BCUT2D eigenvalue weighted by Gasteiger charge is 2.46. The van der Waals surface area contributed by atoms with E-state index in [2.05, 4.69) is 0 Å². The van der Waals surface area contributed by atoms with Gasteiger partial charge in [-0.15, -0.1) is 0 Å². The Hall–Kier alpha value is -1.31. The van der Waals surface area contributed by atoms with Crippen molar-refractivity contribution in [2.45, 2.75) is 19.0 Å². The minimum atomic E-state index is -5.49. The van der Waals surface area contributed by atoms with Crippen molar-refractivity contribution in [3.63, 3.8) is 0 Å². The van der Waals surface area contributed by atoms with Crippen LogP contribution in [0.3, 0.4) is 0 Å². The van der Waals surface area contributed by atoms with E-state index in [1.54, 1.807) is 0 Å². The molecule has 0 radical (unpaired) electrons. The average Bonchev–Trinajstić information content (AvgIpc) is 2.13. The van der Waals surface area contributed by atoms with Crippen LogP contribution in [0.15, 0.2) is 12.1 Å². The standard InChI is InChI=1S/C9H5F7O/c10-5-2-1-4(3-17)6(8(11,12)13)7(5)9(14,15)16/h1-2,17H,3H2. The van der Waals surface area contributed by atoms with Crippen LogP contribution in [0, 0.1) is 5.82 Å². The molecular weight excluding hydrogens is 257 g/mol. The van der Waals surface area contributed by atoms with Gasteiger partial charge in [0, 0.05) is 0 Å². The lowest BCUT2D eigenvalue weighted by molar-refractivity contribution is -0.164. The molecule has 0 aliphatic heterocycles. The van der Waals surface area contributed by atoms with E-state index in [-0.39, 0.29) is 6.07 Å². The van der Waals surface area contributed by atoms with E-state index in [9.17, 15) is 30.7 Å². The van der Waals surface area contributed by atoms with Crippen molar-refractivity contribution >= 4 is 0 Å². The van der Waals surface area contributed by atoms with E-state index < -0.39 is 41.5 Å². The molecule has 1 nitrogen and oxygen atoms in total. The third-order valence-corrected chi connectivity index (χ3v) is 1.98. The zero-order valence-corrected chi connectivity index (χ0v) is 7.95. The molecule has 0 unspecified atom stereocenters. The minimum absolute atomic E-state index is 0.240. The lowest BCUT2D eigenvalue weighted by Gasteiger charge is -2.18. The molecule has 0 aliphatic rings. The smallest absolute Gasteiger partial charge is 0.392 e. The molecule has 0 fully saturated rings. The second-order valence-electron chi connectivity index (χ2n) is 3.11. The van der Waals surface area contributed by atoms with Crippen molar-refractivity contribution in [3.05, 3.63) is 34.6 Å². The maximum absolute atomic E-state index is 12.9. The third-order valence-electron chi connectivity index (χ3n) is 1.98. The van der Waals surface area contributed by atoms with E-state index in [4.69, 9.17) is 5.11 Å². The maximum atomic E-state index is 12.9. The summed E-state index contributed by atoms with van der Waals surface area (Å²) in [5.41, 5.74) is -5.62. The van der Waals surface area contributed by atoms with Crippen molar-refractivity contribution in [1.82, 2.24) is 0 Å². The van der Waals surface area contributed by atoms with Crippen molar-refractivity contribution in [2.24, 2.45) is 0 Å². The Labute approximate surface area is 90.5 Å². The van der Waals surface area contributed by atoms with Crippen molar-refractivity contribution in [1.29, 1.82) is 0 Å². The molecule has 1 rings (SSSR count). The number of hydrogen-bond donors (Lipinski definition) is 1. The van der Waals surface area contributed by atoms with Gasteiger partial charge in [0.15, 0.2) is 0 Å².